The number of likely N-dealkylation sites (tertiary alicyclic amines) is 2. The number of thioether (sulfide) groups is 2. The highest BCUT2D eigenvalue weighted by Gasteiger charge is 2.42. The first-order valence-corrected chi connectivity index (χ1v) is 14.2. The van der Waals surface area contributed by atoms with Crippen molar-refractivity contribution in [2.24, 2.45) is 0 Å². The monoisotopic (exact) mass is 540 g/mol. The molecule has 12 heteroatoms. The molecule has 4 rings (SSSR count). The fourth-order valence-electron chi connectivity index (χ4n) is 4.47. The van der Waals surface area contributed by atoms with E-state index >= 15 is 0 Å². The minimum absolute atomic E-state index is 0.0263. The summed E-state index contributed by atoms with van der Waals surface area (Å²) in [6.45, 7) is 3.46. The van der Waals surface area contributed by atoms with E-state index in [1.54, 1.807) is 0 Å². The zero-order valence-electron chi connectivity index (χ0n) is 19.0. The first-order chi connectivity index (χ1) is 16.4. The molecule has 0 N–H and O–H groups in total. The van der Waals surface area contributed by atoms with Crippen LogP contribution in [0.2, 0.25) is 0 Å². The van der Waals surface area contributed by atoms with E-state index in [9.17, 15) is 19.2 Å². The summed E-state index contributed by atoms with van der Waals surface area (Å²) in [4.78, 5) is 58.2. The third-order valence-corrected chi connectivity index (χ3v) is 9.45. The summed E-state index contributed by atoms with van der Waals surface area (Å²) in [5, 5.41) is 0. The Labute approximate surface area is 218 Å². The van der Waals surface area contributed by atoms with E-state index in [1.807, 2.05) is 9.80 Å². The van der Waals surface area contributed by atoms with Crippen molar-refractivity contribution in [3.8, 4) is 0 Å². The van der Waals surface area contributed by atoms with E-state index < -0.39 is 0 Å². The van der Waals surface area contributed by atoms with E-state index in [0.29, 0.717) is 8.64 Å². The molecule has 8 nitrogen and oxygen atoms in total. The summed E-state index contributed by atoms with van der Waals surface area (Å²) in [6, 6.07) is 0. The molecule has 0 saturated carbocycles. The van der Waals surface area contributed by atoms with Gasteiger partial charge in [0.15, 0.2) is 0 Å². The maximum absolute atomic E-state index is 13.1. The molecule has 4 heterocycles. The lowest BCUT2D eigenvalue weighted by molar-refractivity contribution is -0.134. The van der Waals surface area contributed by atoms with Gasteiger partial charge in [0.05, 0.1) is 9.81 Å². The summed E-state index contributed by atoms with van der Waals surface area (Å²) in [7, 11) is 0. The van der Waals surface area contributed by atoms with Gasteiger partial charge >= 0.3 is 0 Å². The fraction of sp³-hybridized carbons (Fsp3) is 0.636. The van der Waals surface area contributed by atoms with Gasteiger partial charge in [-0.05, 0) is 38.5 Å². The molecule has 0 atom stereocenters. The Kier molecular flexibility index (Phi) is 8.65. The second kappa shape index (κ2) is 11.5. The van der Waals surface area contributed by atoms with Crippen LogP contribution in [0.15, 0.2) is 9.81 Å². The van der Waals surface area contributed by atoms with E-state index in [-0.39, 0.29) is 59.4 Å². The minimum Gasteiger partial charge on any atom is -0.343 e. The number of hydrogen-bond acceptors (Lipinski definition) is 8. The molecule has 184 valence electrons. The lowest BCUT2D eigenvalue weighted by Gasteiger charge is -2.27. The number of thiocarbonyl (C=S) groups is 2. The smallest absolute Gasteiger partial charge is 0.267 e. The summed E-state index contributed by atoms with van der Waals surface area (Å²) in [5.41, 5.74) is 0. The Bertz CT molecular complexity index is 867. The number of amides is 4. The molecule has 0 bridgehead atoms. The Hall–Kier alpha value is -1.50. The molecular formula is C22H28N4O4S4. The van der Waals surface area contributed by atoms with Gasteiger partial charge in [0.25, 0.3) is 11.8 Å². The van der Waals surface area contributed by atoms with Crippen molar-refractivity contribution >= 4 is 80.2 Å². The van der Waals surface area contributed by atoms with E-state index in [2.05, 4.69) is 0 Å². The fourth-order valence-corrected chi connectivity index (χ4v) is 7.24. The van der Waals surface area contributed by atoms with Crippen LogP contribution in [0.4, 0.5) is 0 Å². The molecule has 0 aliphatic carbocycles. The average molecular weight is 541 g/mol. The van der Waals surface area contributed by atoms with Crippen LogP contribution in [-0.2, 0) is 19.2 Å². The zero-order valence-corrected chi connectivity index (χ0v) is 22.2. The Morgan fingerprint density at radius 2 is 1.00 bits per heavy atom. The van der Waals surface area contributed by atoms with Gasteiger partial charge in [0, 0.05) is 52.1 Å². The first kappa shape index (κ1) is 25.6. The Morgan fingerprint density at radius 3 is 1.35 bits per heavy atom. The second-order valence-electron chi connectivity index (χ2n) is 8.69. The normalized spacial score (nSPS) is 24.0. The molecule has 0 radical (unpaired) electrons. The van der Waals surface area contributed by atoms with Crippen molar-refractivity contribution in [1.82, 2.24) is 19.6 Å². The molecule has 0 spiro atoms. The van der Waals surface area contributed by atoms with Crippen molar-refractivity contribution in [2.45, 2.75) is 51.4 Å². The molecule has 4 amide bonds. The van der Waals surface area contributed by atoms with E-state index in [4.69, 9.17) is 24.4 Å². The van der Waals surface area contributed by atoms with Crippen LogP contribution < -0.4 is 0 Å². The molecule has 0 aromatic heterocycles. The first-order valence-electron chi connectivity index (χ1n) is 11.7. The second-order valence-corrected chi connectivity index (χ2v) is 12.0. The van der Waals surface area contributed by atoms with Gasteiger partial charge in [-0.25, -0.2) is 0 Å². The SMILES string of the molecule is O=C(CCN1C(=O)/C(=C2\SC(=S)N(CCC(=O)N3CCCCC3)C2=O)SC1=S)N1CCCCC1. The maximum Gasteiger partial charge on any atom is 0.267 e. The number of carbonyl (C=O) groups is 4. The van der Waals surface area contributed by atoms with Crippen LogP contribution in [-0.4, -0.2) is 91.1 Å². The largest absolute Gasteiger partial charge is 0.343 e. The molecule has 4 aliphatic heterocycles. The lowest BCUT2D eigenvalue weighted by atomic mass is 10.1. The van der Waals surface area contributed by atoms with Gasteiger partial charge in [-0.15, -0.1) is 0 Å². The minimum atomic E-state index is -0.355. The zero-order chi connectivity index (χ0) is 24.2. The number of piperidine rings is 2. The van der Waals surface area contributed by atoms with Crippen LogP contribution >= 0.6 is 48.0 Å². The van der Waals surface area contributed by atoms with Crippen molar-refractivity contribution in [2.75, 3.05) is 39.3 Å². The van der Waals surface area contributed by atoms with E-state index in [0.717, 1.165) is 88.2 Å². The molecule has 0 unspecified atom stereocenters. The number of carbonyl (C=O) groups excluding carboxylic acids is 4. The van der Waals surface area contributed by atoms with Gasteiger partial charge < -0.3 is 9.80 Å². The van der Waals surface area contributed by atoms with Crippen LogP contribution in [0.1, 0.15) is 51.4 Å². The quantitative estimate of drug-likeness (QED) is 0.376. The van der Waals surface area contributed by atoms with E-state index in [1.165, 1.54) is 9.80 Å². The summed E-state index contributed by atoms with van der Waals surface area (Å²) in [6.07, 6.45) is 6.75. The predicted molar refractivity (Wildman–Crippen MR) is 141 cm³/mol. The molecule has 4 aliphatic rings. The van der Waals surface area contributed by atoms with Crippen LogP contribution in [0.3, 0.4) is 0 Å². The highest BCUT2D eigenvalue weighted by molar-refractivity contribution is 8.29. The number of nitrogens with zero attached hydrogens (tertiary/aromatic N) is 4. The average Bonchev–Trinajstić information content (AvgIpc) is 3.30. The van der Waals surface area contributed by atoms with Crippen molar-refractivity contribution in [3.63, 3.8) is 0 Å². The third kappa shape index (κ3) is 5.66. The summed E-state index contributed by atoms with van der Waals surface area (Å²) < 4.78 is 0.689. The predicted octanol–water partition coefficient (Wildman–Crippen LogP) is 2.72. The van der Waals surface area contributed by atoms with Crippen molar-refractivity contribution in [3.05, 3.63) is 9.81 Å². The third-order valence-electron chi connectivity index (χ3n) is 6.42. The number of hydrogen-bond donors (Lipinski definition) is 0. The standard InChI is InChI=1S/C22H28N4O4S4/c27-15(23-9-3-1-4-10-23)7-13-25-19(29)17(33-21(25)31)18-20(30)26(22(32)34-18)14-8-16(28)24-11-5-2-6-12-24/h1-14H2/b18-17+. The van der Waals surface area contributed by atoms with Crippen LogP contribution in [0, 0.1) is 0 Å². The highest BCUT2D eigenvalue weighted by Crippen LogP contribution is 2.42. The maximum atomic E-state index is 13.1. The Balaban J connectivity index is 1.36. The van der Waals surface area contributed by atoms with Crippen molar-refractivity contribution in [1.29, 1.82) is 0 Å². The molecule has 34 heavy (non-hydrogen) atoms. The van der Waals surface area contributed by atoms with Gasteiger partial charge in [-0.1, -0.05) is 48.0 Å². The molecule has 4 saturated heterocycles. The Morgan fingerprint density at radius 1 is 0.647 bits per heavy atom. The van der Waals surface area contributed by atoms with Gasteiger partial charge in [0.2, 0.25) is 11.8 Å². The topological polar surface area (TPSA) is 81.2 Å². The van der Waals surface area contributed by atoms with Crippen molar-refractivity contribution < 1.29 is 19.2 Å². The summed E-state index contributed by atoms with van der Waals surface area (Å²) in [5.74, 6) is -0.658. The van der Waals surface area contributed by atoms with Gasteiger partial charge in [0.1, 0.15) is 8.64 Å². The lowest BCUT2D eigenvalue weighted by Crippen LogP contribution is -2.39. The van der Waals surface area contributed by atoms with Gasteiger partial charge in [-0.2, -0.15) is 0 Å². The number of rotatable bonds is 6. The summed E-state index contributed by atoms with van der Waals surface area (Å²) >= 11 is 12.9. The molecule has 0 aromatic carbocycles. The molecule has 4 fully saturated rings. The van der Waals surface area contributed by atoms with Crippen LogP contribution in [0.25, 0.3) is 0 Å². The molecule has 0 aromatic rings. The molecular weight excluding hydrogens is 513 g/mol. The van der Waals surface area contributed by atoms with Crippen LogP contribution in [0.5, 0.6) is 0 Å². The highest BCUT2D eigenvalue weighted by atomic mass is 32.2. The van der Waals surface area contributed by atoms with Gasteiger partial charge in [-0.3, -0.25) is 29.0 Å².